The average molecular weight is 272 g/mol. The molecule has 0 saturated carbocycles. The minimum absolute atomic E-state index is 0.906. The summed E-state index contributed by atoms with van der Waals surface area (Å²) >= 11 is 1.87. The van der Waals surface area contributed by atoms with E-state index < -0.39 is 0 Å². The van der Waals surface area contributed by atoms with Crippen molar-refractivity contribution in [3.8, 4) is 0 Å². The maximum atomic E-state index is 4.40. The van der Waals surface area contributed by atoms with Crippen LogP contribution in [0.4, 0.5) is 5.82 Å². The van der Waals surface area contributed by atoms with Gasteiger partial charge in [0.05, 0.1) is 0 Å². The zero-order valence-corrected chi connectivity index (χ0v) is 12.6. The monoisotopic (exact) mass is 272 g/mol. The molecule has 0 radical (unpaired) electrons. The fourth-order valence-corrected chi connectivity index (χ4v) is 2.88. The predicted octanol–water partition coefficient (Wildman–Crippen LogP) is 4.42. The molecule has 1 heterocycles. The number of hydrogen-bond donors (Lipinski definition) is 1. The lowest BCUT2D eigenvalue weighted by molar-refractivity contribution is 1.14. The number of benzene rings is 1. The number of pyridine rings is 1. The zero-order chi connectivity index (χ0) is 13.7. The summed E-state index contributed by atoms with van der Waals surface area (Å²) in [4.78, 5) is 5.75. The van der Waals surface area contributed by atoms with Crippen LogP contribution in [0.5, 0.6) is 0 Å². The van der Waals surface area contributed by atoms with Gasteiger partial charge >= 0.3 is 0 Å². The third-order valence-electron chi connectivity index (χ3n) is 2.92. The molecule has 0 aliphatic carbocycles. The number of rotatable bonds is 5. The molecule has 0 amide bonds. The van der Waals surface area contributed by atoms with Crippen LogP contribution in [0.1, 0.15) is 23.6 Å². The Morgan fingerprint density at radius 3 is 2.68 bits per heavy atom. The van der Waals surface area contributed by atoms with Crippen LogP contribution in [0, 0.1) is 13.8 Å². The van der Waals surface area contributed by atoms with Crippen LogP contribution in [-0.4, -0.2) is 11.5 Å². The van der Waals surface area contributed by atoms with Crippen molar-refractivity contribution in [3.05, 3.63) is 53.2 Å². The molecule has 0 atom stereocenters. The van der Waals surface area contributed by atoms with Crippen molar-refractivity contribution >= 4 is 17.6 Å². The minimum Gasteiger partial charge on any atom is -0.370 e. The van der Waals surface area contributed by atoms with Gasteiger partial charge in [0, 0.05) is 23.4 Å². The molecule has 0 fully saturated rings. The van der Waals surface area contributed by atoms with Crippen molar-refractivity contribution in [2.75, 3.05) is 11.9 Å². The summed E-state index contributed by atoms with van der Waals surface area (Å²) in [5, 5.41) is 3.21. The van der Waals surface area contributed by atoms with Crippen LogP contribution in [0.15, 0.2) is 41.4 Å². The van der Waals surface area contributed by atoms with Gasteiger partial charge in [-0.15, -0.1) is 11.8 Å². The molecule has 0 aliphatic heterocycles. The Bertz CT molecular complexity index is 535. The van der Waals surface area contributed by atoms with Gasteiger partial charge in [0.15, 0.2) is 0 Å². The molecule has 2 nitrogen and oxygen atoms in total. The summed E-state index contributed by atoms with van der Waals surface area (Å²) < 4.78 is 0. The van der Waals surface area contributed by atoms with Gasteiger partial charge in [-0.25, -0.2) is 4.98 Å². The Hall–Kier alpha value is -1.48. The first-order valence-electron chi connectivity index (χ1n) is 6.58. The minimum atomic E-state index is 0.906. The molecular weight excluding hydrogens is 252 g/mol. The Balaban J connectivity index is 2.00. The SMILES string of the molecule is CCNc1ccc(CSc2cc(C)ccc2C)cn1. The van der Waals surface area contributed by atoms with E-state index in [1.54, 1.807) is 0 Å². The van der Waals surface area contributed by atoms with Gasteiger partial charge in [-0.2, -0.15) is 0 Å². The number of hydrogen-bond acceptors (Lipinski definition) is 3. The molecule has 19 heavy (non-hydrogen) atoms. The highest BCUT2D eigenvalue weighted by Gasteiger charge is 2.01. The van der Waals surface area contributed by atoms with E-state index in [1.807, 2.05) is 24.0 Å². The molecule has 0 saturated heterocycles. The number of thioether (sulfide) groups is 1. The van der Waals surface area contributed by atoms with Gasteiger partial charge in [0.25, 0.3) is 0 Å². The highest BCUT2D eigenvalue weighted by Crippen LogP contribution is 2.26. The van der Waals surface area contributed by atoms with Crippen LogP contribution in [0.3, 0.4) is 0 Å². The van der Waals surface area contributed by atoms with Crippen LogP contribution in [0.25, 0.3) is 0 Å². The van der Waals surface area contributed by atoms with E-state index >= 15 is 0 Å². The quantitative estimate of drug-likeness (QED) is 0.815. The van der Waals surface area contributed by atoms with Crippen LogP contribution in [0.2, 0.25) is 0 Å². The van der Waals surface area contributed by atoms with Crippen LogP contribution >= 0.6 is 11.8 Å². The van der Waals surface area contributed by atoms with Gasteiger partial charge in [-0.1, -0.05) is 23.8 Å². The van der Waals surface area contributed by atoms with E-state index in [2.05, 4.69) is 55.3 Å². The molecule has 3 heteroatoms. The second-order valence-electron chi connectivity index (χ2n) is 4.64. The Labute approximate surface area is 119 Å². The molecule has 1 aromatic heterocycles. The highest BCUT2D eigenvalue weighted by molar-refractivity contribution is 7.98. The molecule has 0 spiro atoms. The number of nitrogens with zero attached hydrogens (tertiary/aromatic N) is 1. The lowest BCUT2D eigenvalue weighted by Gasteiger charge is -2.07. The van der Waals surface area contributed by atoms with Gasteiger partial charge in [0.1, 0.15) is 5.82 Å². The topological polar surface area (TPSA) is 24.9 Å². The first-order chi connectivity index (χ1) is 9.19. The van der Waals surface area contributed by atoms with E-state index in [0.717, 1.165) is 18.1 Å². The van der Waals surface area contributed by atoms with Gasteiger partial charge in [-0.3, -0.25) is 0 Å². The first-order valence-corrected chi connectivity index (χ1v) is 7.56. The van der Waals surface area contributed by atoms with Crippen LogP contribution in [-0.2, 0) is 5.75 Å². The second-order valence-corrected chi connectivity index (χ2v) is 5.66. The summed E-state index contributed by atoms with van der Waals surface area (Å²) in [6, 6.07) is 10.8. The van der Waals surface area contributed by atoms with E-state index in [0.29, 0.717) is 0 Å². The number of anilines is 1. The van der Waals surface area contributed by atoms with Crippen molar-refractivity contribution in [2.45, 2.75) is 31.4 Å². The van der Waals surface area contributed by atoms with Crippen molar-refractivity contribution in [1.29, 1.82) is 0 Å². The summed E-state index contributed by atoms with van der Waals surface area (Å²) in [5.41, 5.74) is 3.91. The molecule has 2 aromatic rings. The normalized spacial score (nSPS) is 10.5. The van der Waals surface area contributed by atoms with Gasteiger partial charge < -0.3 is 5.32 Å². The molecule has 0 aliphatic rings. The fourth-order valence-electron chi connectivity index (χ4n) is 1.82. The van der Waals surface area contributed by atoms with Crippen molar-refractivity contribution < 1.29 is 0 Å². The second kappa shape index (κ2) is 6.62. The largest absolute Gasteiger partial charge is 0.370 e. The molecule has 1 N–H and O–H groups in total. The average Bonchev–Trinajstić information content (AvgIpc) is 2.42. The van der Waals surface area contributed by atoms with Crippen molar-refractivity contribution in [1.82, 2.24) is 4.98 Å². The van der Waals surface area contributed by atoms with E-state index in [-0.39, 0.29) is 0 Å². The fraction of sp³-hybridized carbons (Fsp3) is 0.312. The molecular formula is C16H20N2S. The summed E-state index contributed by atoms with van der Waals surface area (Å²) in [6.45, 7) is 7.28. The van der Waals surface area contributed by atoms with E-state index in [9.17, 15) is 0 Å². The maximum Gasteiger partial charge on any atom is 0.125 e. The Morgan fingerprint density at radius 1 is 1.16 bits per heavy atom. The van der Waals surface area contributed by atoms with Gasteiger partial charge in [-0.05, 0) is 44.0 Å². The van der Waals surface area contributed by atoms with E-state index in [1.165, 1.54) is 21.6 Å². The highest BCUT2D eigenvalue weighted by atomic mass is 32.2. The number of aryl methyl sites for hydroxylation is 2. The smallest absolute Gasteiger partial charge is 0.125 e. The summed E-state index contributed by atoms with van der Waals surface area (Å²) in [7, 11) is 0. The van der Waals surface area contributed by atoms with Gasteiger partial charge in [0.2, 0.25) is 0 Å². The number of aromatic nitrogens is 1. The molecule has 100 valence electrons. The Morgan fingerprint density at radius 2 is 2.00 bits per heavy atom. The zero-order valence-electron chi connectivity index (χ0n) is 11.7. The first kappa shape index (κ1) is 13.9. The lowest BCUT2D eigenvalue weighted by Crippen LogP contribution is -1.98. The molecule has 0 bridgehead atoms. The lowest BCUT2D eigenvalue weighted by atomic mass is 10.2. The molecule has 0 unspecified atom stereocenters. The molecule has 2 rings (SSSR count). The van der Waals surface area contributed by atoms with E-state index in [4.69, 9.17) is 0 Å². The van der Waals surface area contributed by atoms with Crippen LogP contribution < -0.4 is 5.32 Å². The Kier molecular flexibility index (Phi) is 4.86. The standard InChI is InChI=1S/C16H20N2S/c1-4-17-16-8-7-14(10-18-16)11-19-15-9-12(2)5-6-13(15)3/h5-10H,4,11H2,1-3H3,(H,17,18). The summed E-state index contributed by atoms with van der Waals surface area (Å²) in [5.74, 6) is 1.91. The third-order valence-corrected chi connectivity index (χ3v) is 4.15. The number of nitrogens with one attached hydrogen (secondary N) is 1. The maximum absolute atomic E-state index is 4.40. The van der Waals surface area contributed by atoms with Crippen molar-refractivity contribution in [2.24, 2.45) is 0 Å². The van der Waals surface area contributed by atoms with Crippen molar-refractivity contribution in [3.63, 3.8) is 0 Å². The third kappa shape index (κ3) is 4.00. The summed E-state index contributed by atoms with van der Waals surface area (Å²) in [6.07, 6.45) is 1.95. The predicted molar refractivity (Wildman–Crippen MR) is 83.9 cm³/mol. The molecule has 1 aromatic carbocycles.